The van der Waals surface area contributed by atoms with Crippen molar-refractivity contribution in [3.63, 3.8) is 0 Å². The maximum Gasteiger partial charge on any atom is 0.0704 e. The molecule has 0 saturated heterocycles. The predicted molar refractivity (Wildman–Crippen MR) is 141 cm³/mol. The van der Waals surface area contributed by atoms with E-state index in [1.165, 1.54) is 64.2 Å². The molecule has 0 amide bonds. The second-order valence-corrected chi connectivity index (χ2v) is 13.4. The molecule has 0 aliphatic heterocycles. The van der Waals surface area contributed by atoms with Gasteiger partial charge in [0.15, 0.2) is 0 Å². The Morgan fingerprint density at radius 1 is 0.971 bits per heavy atom. The van der Waals surface area contributed by atoms with Gasteiger partial charge in [-0.25, -0.2) is 0 Å². The van der Waals surface area contributed by atoms with Crippen LogP contribution in [0.25, 0.3) is 0 Å². The highest BCUT2D eigenvalue weighted by molar-refractivity contribution is 5.25. The summed E-state index contributed by atoms with van der Waals surface area (Å²) >= 11 is 0. The topological polar surface area (TPSA) is 38.7 Å². The zero-order chi connectivity index (χ0) is 24.3. The van der Waals surface area contributed by atoms with Crippen LogP contribution in [-0.4, -0.2) is 37.6 Å². The Labute approximate surface area is 210 Å². The molecule has 1 N–H and O–H groups in total. The van der Waals surface area contributed by atoms with E-state index in [1.54, 1.807) is 5.57 Å². The van der Waals surface area contributed by atoms with E-state index in [0.29, 0.717) is 36.8 Å². The van der Waals surface area contributed by atoms with Gasteiger partial charge in [0.1, 0.15) is 0 Å². The van der Waals surface area contributed by atoms with E-state index >= 15 is 0 Å². The molecule has 0 spiro atoms. The quantitative estimate of drug-likeness (QED) is 0.250. The monoisotopic (exact) mass is 474 g/mol. The molecule has 0 aromatic rings. The fraction of sp³-hybridized carbons (Fsp3) is 0.935. The summed E-state index contributed by atoms with van der Waals surface area (Å²) in [6, 6.07) is 0. The van der Waals surface area contributed by atoms with Gasteiger partial charge in [0.25, 0.3) is 0 Å². The molecule has 0 heterocycles. The van der Waals surface area contributed by atoms with Crippen molar-refractivity contribution in [2.45, 2.75) is 111 Å². The van der Waals surface area contributed by atoms with Gasteiger partial charge in [-0.15, -0.1) is 0 Å². The van der Waals surface area contributed by atoms with Gasteiger partial charge in [0.05, 0.1) is 32.5 Å². The van der Waals surface area contributed by atoms with Crippen LogP contribution in [0.1, 0.15) is 105 Å². The predicted octanol–water partition coefficient (Wildman–Crippen LogP) is 7.42. The summed E-state index contributed by atoms with van der Waals surface area (Å²) < 4.78 is 11.6. The third-order valence-corrected chi connectivity index (χ3v) is 11.1. The van der Waals surface area contributed by atoms with Crippen LogP contribution in [0.2, 0.25) is 0 Å². The Hall–Kier alpha value is -0.380. The van der Waals surface area contributed by atoms with Gasteiger partial charge in [-0.2, -0.15) is 0 Å². The molecular weight excluding hydrogens is 420 g/mol. The fourth-order valence-corrected chi connectivity index (χ4v) is 9.23. The highest BCUT2D eigenvalue weighted by Gasteiger charge is 2.59. The Morgan fingerprint density at radius 2 is 1.79 bits per heavy atom. The molecule has 4 aliphatic rings. The summed E-state index contributed by atoms with van der Waals surface area (Å²) in [5.74, 6) is 5.42. The maximum absolute atomic E-state index is 8.86. The number of hydrogen-bond acceptors (Lipinski definition) is 3. The largest absolute Gasteiger partial charge is 0.394 e. The second kappa shape index (κ2) is 11.3. The van der Waals surface area contributed by atoms with Crippen molar-refractivity contribution >= 4 is 0 Å². The van der Waals surface area contributed by atoms with Crippen molar-refractivity contribution < 1.29 is 14.6 Å². The maximum atomic E-state index is 8.86. The number of allylic oxidation sites excluding steroid dienone is 1. The number of aliphatic hydroxyl groups is 1. The van der Waals surface area contributed by atoms with E-state index in [9.17, 15) is 0 Å². The third kappa shape index (κ3) is 5.32. The average molecular weight is 475 g/mol. The summed E-state index contributed by atoms with van der Waals surface area (Å²) in [6.45, 7) is 14.4. The van der Waals surface area contributed by atoms with Gasteiger partial charge in [-0.05, 0) is 97.7 Å². The first-order valence-corrected chi connectivity index (χ1v) is 14.8. The van der Waals surface area contributed by atoms with Crippen molar-refractivity contribution in [1.29, 1.82) is 0 Å². The van der Waals surface area contributed by atoms with E-state index in [4.69, 9.17) is 14.6 Å². The minimum absolute atomic E-state index is 0.0923. The van der Waals surface area contributed by atoms with Crippen LogP contribution in [0, 0.1) is 46.3 Å². The van der Waals surface area contributed by atoms with E-state index in [2.05, 4.69) is 40.7 Å². The van der Waals surface area contributed by atoms with E-state index < -0.39 is 0 Å². The van der Waals surface area contributed by atoms with E-state index in [-0.39, 0.29) is 6.61 Å². The van der Waals surface area contributed by atoms with Gasteiger partial charge in [-0.1, -0.05) is 65.5 Å². The highest BCUT2D eigenvalue weighted by Crippen LogP contribution is 2.67. The second-order valence-electron chi connectivity index (χ2n) is 13.4. The van der Waals surface area contributed by atoms with Crippen LogP contribution in [0.5, 0.6) is 0 Å². The molecule has 3 nitrogen and oxygen atoms in total. The van der Waals surface area contributed by atoms with Crippen LogP contribution in [0.4, 0.5) is 0 Å². The lowest BCUT2D eigenvalue weighted by Crippen LogP contribution is -2.51. The number of aliphatic hydroxyl groups excluding tert-OH is 1. The molecule has 4 rings (SSSR count). The molecule has 196 valence electrons. The lowest BCUT2D eigenvalue weighted by Gasteiger charge is -2.58. The van der Waals surface area contributed by atoms with Crippen LogP contribution < -0.4 is 0 Å². The van der Waals surface area contributed by atoms with Crippen LogP contribution in [0.3, 0.4) is 0 Å². The zero-order valence-electron chi connectivity index (χ0n) is 23.0. The molecule has 0 radical (unpaired) electrons. The van der Waals surface area contributed by atoms with Gasteiger partial charge >= 0.3 is 0 Å². The average Bonchev–Trinajstić information content (AvgIpc) is 3.16. The fourth-order valence-electron chi connectivity index (χ4n) is 9.23. The molecular formula is C31H54O3. The van der Waals surface area contributed by atoms with E-state index in [0.717, 1.165) is 41.9 Å². The lowest BCUT2D eigenvalue weighted by atomic mass is 9.47. The minimum Gasteiger partial charge on any atom is -0.394 e. The summed E-state index contributed by atoms with van der Waals surface area (Å²) in [5.41, 5.74) is 2.69. The number of fused-ring (bicyclic) bond motifs is 5. The van der Waals surface area contributed by atoms with Gasteiger partial charge in [0.2, 0.25) is 0 Å². The summed E-state index contributed by atoms with van der Waals surface area (Å²) in [5, 5.41) is 8.86. The Kier molecular flexibility index (Phi) is 8.90. The number of hydrogen-bond donors (Lipinski definition) is 1. The first-order chi connectivity index (χ1) is 16.3. The number of ether oxygens (including phenoxy) is 2. The molecule has 0 bridgehead atoms. The summed E-state index contributed by atoms with van der Waals surface area (Å²) in [4.78, 5) is 0. The Bertz CT molecular complexity index is 686. The Balaban J connectivity index is 1.37. The molecule has 3 heteroatoms. The van der Waals surface area contributed by atoms with Crippen LogP contribution in [-0.2, 0) is 9.47 Å². The van der Waals surface area contributed by atoms with Crippen molar-refractivity contribution in [3.8, 4) is 0 Å². The lowest BCUT2D eigenvalue weighted by molar-refractivity contribution is -0.0683. The Morgan fingerprint density at radius 3 is 2.56 bits per heavy atom. The molecule has 0 aromatic heterocycles. The normalized spacial score (nSPS) is 40.4. The minimum atomic E-state index is 0.0923. The summed E-state index contributed by atoms with van der Waals surface area (Å²) in [6.07, 6.45) is 18.1. The summed E-state index contributed by atoms with van der Waals surface area (Å²) in [7, 11) is 0. The SMILES string of the molecule is CC(C)CCC[C@@H](C)[C@H]1CCC2[C@@H]3CC=C4CC(OCCOCCO)CC[C@]4(C)[C@H]3CC[C@@]21C. The third-order valence-electron chi connectivity index (χ3n) is 11.1. The first-order valence-electron chi connectivity index (χ1n) is 14.8. The van der Waals surface area contributed by atoms with Crippen molar-refractivity contribution in [2.75, 3.05) is 26.4 Å². The smallest absolute Gasteiger partial charge is 0.0704 e. The van der Waals surface area contributed by atoms with Crippen LogP contribution in [0.15, 0.2) is 11.6 Å². The van der Waals surface area contributed by atoms with Gasteiger partial charge in [-0.3, -0.25) is 0 Å². The highest BCUT2D eigenvalue weighted by atomic mass is 16.5. The van der Waals surface area contributed by atoms with Crippen LogP contribution >= 0.6 is 0 Å². The van der Waals surface area contributed by atoms with Gasteiger partial charge in [0, 0.05) is 0 Å². The van der Waals surface area contributed by atoms with Gasteiger partial charge < -0.3 is 14.6 Å². The zero-order valence-corrected chi connectivity index (χ0v) is 23.0. The first kappa shape index (κ1) is 26.7. The molecule has 8 atom stereocenters. The van der Waals surface area contributed by atoms with Crippen molar-refractivity contribution in [3.05, 3.63) is 11.6 Å². The molecule has 34 heavy (non-hydrogen) atoms. The molecule has 4 aliphatic carbocycles. The van der Waals surface area contributed by atoms with E-state index in [1.807, 2.05) is 0 Å². The number of rotatable bonds is 11. The molecule has 2 unspecified atom stereocenters. The molecule has 3 fully saturated rings. The molecule has 0 aromatic carbocycles. The standard InChI is InChI=1S/C31H54O3/c1-22(2)7-6-8-23(3)27-11-12-28-26-10-9-24-21-25(34-20-19-33-18-17-32)13-15-30(24,4)29(26)14-16-31(27,28)5/h9,22-23,25-29,32H,6-8,10-21H2,1-5H3/t23-,25?,26+,27-,28?,29+,30+,31-/m1/s1. The van der Waals surface area contributed by atoms with Crippen molar-refractivity contribution in [1.82, 2.24) is 0 Å². The molecule has 3 saturated carbocycles. The van der Waals surface area contributed by atoms with Crippen molar-refractivity contribution in [2.24, 2.45) is 46.3 Å².